The van der Waals surface area contributed by atoms with Crippen LogP contribution in [-0.2, 0) is 14.9 Å². The highest BCUT2D eigenvalue weighted by atomic mass is 16.5. The molecule has 0 heterocycles. The van der Waals surface area contributed by atoms with Gasteiger partial charge in [0.25, 0.3) is 0 Å². The summed E-state index contributed by atoms with van der Waals surface area (Å²) in [5, 5.41) is 3.15. The molecule has 124 valence electrons. The lowest BCUT2D eigenvalue weighted by atomic mass is 9.42. The first-order chi connectivity index (χ1) is 11.2. The minimum absolute atomic E-state index is 0.131. The first kappa shape index (κ1) is 15.2. The van der Waals surface area contributed by atoms with E-state index in [9.17, 15) is 4.79 Å². The van der Waals surface area contributed by atoms with Gasteiger partial charge in [-0.2, -0.15) is 0 Å². The van der Waals surface area contributed by atoms with Crippen molar-refractivity contribution in [1.82, 2.24) is 5.32 Å². The number of carbonyl (C=O) groups is 1. The molecule has 1 N–H and O–H groups in total. The van der Waals surface area contributed by atoms with Crippen LogP contribution >= 0.6 is 0 Å². The second-order valence-corrected chi connectivity index (χ2v) is 8.14. The van der Waals surface area contributed by atoms with E-state index in [1.165, 1.54) is 24.8 Å². The third-order valence-electron chi connectivity index (χ3n) is 6.52. The SMILES string of the molecule is COCCNC(=O)C12C[C@@H]3C[C@@H](C1)CC(c1ccccc1)(C3)C2. The Morgan fingerprint density at radius 1 is 1.17 bits per heavy atom. The highest BCUT2D eigenvalue weighted by Gasteiger charge is 2.60. The molecule has 1 amide bonds. The Hall–Kier alpha value is -1.35. The fourth-order valence-corrected chi connectivity index (χ4v) is 6.11. The molecular weight excluding hydrogens is 286 g/mol. The largest absolute Gasteiger partial charge is 0.383 e. The summed E-state index contributed by atoms with van der Waals surface area (Å²) in [6.45, 7) is 1.23. The van der Waals surface area contributed by atoms with Crippen molar-refractivity contribution in [3.63, 3.8) is 0 Å². The van der Waals surface area contributed by atoms with E-state index in [-0.39, 0.29) is 16.7 Å². The van der Waals surface area contributed by atoms with Crippen LogP contribution in [0.4, 0.5) is 0 Å². The van der Waals surface area contributed by atoms with Crippen molar-refractivity contribution in [2.45, 2.75) is 43.9 Å². The summed E-state index contributed by atoms with van der Waals surface area (Å²) in [5.74, 6) is 1.73. The first-order valence-corrected chi connectivity index (χ1v) is 8.99. The number of hydrogen-bond donors (Lipinski definition) is 1. The van der Waals surface area contributed by atoms with Crippen LogP contribution in [0.25, 0.3) is 0 Å². The normalized spacial score (nSPS) is 37.8. The van der Waals surface area contributed by atoms with Crippen LogP contribution in [-0.4, -0.2) is 26.2 Å². The number of nitrogens with one attached hydrogen (secondary N) is 1. The Kier molecular flexibility index (Phi) is 3.72. The van der Waals surface area contributed by atoms with E-state index in [1.54, 1.807) is 7.11 Å². The highest BCUT2D eigenvalue weighted by Crippen LogP contribution is 2.65. The smallest absolute Gasteiger partial charge is 0.226 e. The predicted molar refractivity (Wildman–Crippen MR) is 90.1 cm³/mol. The third kappa shape index (κ3) is 2.50. The Labute approximate surface area is 138 Å². The molecule has 1 aromatic carbocycles. The number of ether oxygens (including phenoxy) is 1. The molecule has 2 atom stereocenters. The molecule has 0 spiro atoms. The van der Waals surface area contributed by atoms with Gasteiger partial charge < -0.3 is 10.1 Å². The van der Waals surface area contributed by atoms with Crippen LogP contribution in [0.1, 0.15) is 44.1 Å². The van der Waals surface area contributed by atoms with E-state index < -0.39 is 0 Å². The number of methoxy groups -OCH3 is 1. The maximum absolute atomic E-state index is 13.0. The number of amides is 1. The highest BCUT2D eigenvalue weighted by molar-refractivity contribution is 5.83. The lowest BCUT2D eigenvalue weighted by Gasteiger charge is -2.61. The molecule has 5 rings (SSSR count). The van der Waals surface area contributed by atoms with E-state index in [1.807, 2.05) is 0 Å². The summed E-state index contributed by atoms with van der Waals surface area (Å²) < 4.78 is 5.09. The molecule has 4 aliphatic carbocycles. The van der Waals surface area contributed by atoms with Crippen LogP contribution in [0.15, 0.2) is 30.3 Å². The van der Waals surface area contributed by atoms with Crippen LogP contribution in [0.3, 0.4) is 0 Å². The molecular formula is C20H27NO2. The topological polar surface area (TPSA) is 38.3 Å². The molecule has 3 heteroatoms. The van der Waals surface area contributed by atoms with Crippen molar-refractivity contribution in [2.75, 3.05) is 20.3 Å². The second kappa shape index (κ2) is 5.62. The summed E-state index contributed by atoms with van der Waals surface area (Å²) in [5.41, 5.74) is 1.57. The average molecular weight is 313 g/mol. The van der Waals surface area contributed by atoms with Crippen LogP contribution < -0.4 is 5.32 Å². The Bertz CT molecular complexity index is 569. The summed E-state index contributed by atoms with van der Waals surface area (Å²) in [6, 6.07) is 11.0. The molecule has 23 heavy (non-hydrogen) atoms. The summed E-state index contributed by atoms with van der Waals surface area (Å²) >= 11 is 0. The maximum atomic E-state index is 13.0. The van der Waals surface area contributed by atoms with Gasteiger partial charge in [0.2, 0.25) is 5.91 Å². The van der Waals surface area contributed by atoms with Crippen LogP contribution in [0.2, 0.25) is 0 Å². The van der Waals surface area contributed by atoms with Crippen LogP contribution in [0, 0.1) is 17.3 Å². The standard InChI is InChI=1S/C20H27NO2/c1-23-8-7-21-18(22)20-12-15-9-16(13-20)11-19(10-15,14-20)17-5-3-2-4-6-17/h2-6,15-16H,7-14H2,1H3,(H,21,22)/t15-,16-,19?,20?/m1/s1. The Morgan fingerprint density at radius 3 is 2.52 bits per heavy atom. The van der Waals surface area contributed by atoms with Gasteiger partial charge in [0.05, 0.1) is 12.0 Å². The third-order valence-corrected chi connectivity index (χ3v) is 6.52. The fourth-order valence-electron chi connectivity index (χ4n) is 6.11. The van der Waals surface area contributed by atoms with E-state index in [0.29, 0.717) is 13.2 Å². The van der Waals surface area contributed by atoms with E-state index >= 15 is 0 Å². The van der Waals surface area contributed by atoms with Crippen LogP contribution in [0.5, 0.6) is 0 Å². The van der Waals surface area contributed by atoms with Gasteiger partial charge in [0.15, 0.2) is 0 Å². The Balaban J connectivity index is 1.62. The van der Waals surface area contributed by atoms with Crippen molar-refractivity contribution < 1.29 is 9.53 Å². The van der Waals surface area contributed by atoms with Gasteiger partial charge in [-0.3, -0.25) is 4.79 Å². The van der Waals surface area contributed by atoms with Crippen molar-refractivity contribution >= 4 is 5.91 Å². The van der Waals surface area contributed by atoms with E-state index in [2.05, 4.69) is 35.6 Å². The molecule has 0 unspecified atom stereocenters. The molecule has 0 aliphatic heterocycles. The van der Waals surface area contributed by atoms with E-state index in [0.717, 1.165) is 31.1 Å². The zero-order valence-corrected chi connectivity index (χ0v) is 14.0. The molecule has 4 fully saturated rings. The second-order valence-electron chi connectivity index (χ2n) is 8.14. The Morgan fingerprint density at radius 2 is 1.87 bits per heavy atom. The molecule has 0 saturated heterocycles. The van der Waals surface area contributed by atoms with Gasteiger partial charge in [-0.15, -0.1) is 0 Å². The van der Waals surface area contributed by atoms with Gasteiger partial charge >= 0.3 is 0 Å². The van der Waals surface area contributed by atoms with Gasteiger partial charge in [0, 0.05) is 13.7 Å². The minimum atomic E-state index is -0.131. The van der Waals surface area contributed by atoms with Gasteiger partial charge in [0.1, 0.15) is 0 Å². The first-order valence-electron chi connectivity index (χ1n) is 8.99. The minimum Gasteiger partial charge on any atom is -0.383 e. The summed E-state index contributed by atoms with van der Waals surface area (Å²) in [7, 11) is 1.68. The predicted octanol–water partition coefficient (Wildman–Crippen LogP) is 3.29. The van der Waals surface area contributed by atoms with Crippen molar-refractivity contribution in [3.8, 4) is 0 Å². The monoisotopic (exact) mass is 313 g/mol. The summed E-state index contributed by atoms with van der Waals surface area (Å²) in [4.78, 5) is 13.0. The molecule has 4 saturated carbocycles. The number of benzene rings is 1. The van der Waals surface area contributed by atoms with Gasteiger partial charge in [-0.05, 0) is 61.3 Å². The maximum Gasteiger partial charge on any atom is 0.226 e. The fraction of sp³-hybridized carbons (Fsp3) is 0.650. The zero-order valence-electron chi connectivity index (χ0n) is 14.0. The van der Waals surface area contributed by atoms with Gasteiger partial charge in [-0.25, -0.2) is 0 Å². The van der Waals surface area contributed by atoms with Crippen molar-refractivity contribution in [3.05, 3.63) is 35.9 Å². The van der Waals surface area contributed by atoms with Crippen molar-refractivity contribution in [1.29, 1.82) is 0 Å². The molecule has 3 nitrogen and oxygen atoms in total. The average Bonchev–Trinajstić information content (AvgIpc) is 2.54. The van der Waals surface area contributed by atoms with Gasteiger partial charge in [-0.1, -0.05) is 30.3 Å². The molecule has 1 aromatic rings. The molecule has 4 aliphatic rings. The van der Waals surface area contributed by atoms with E-state index in [4.69, 9.17) is 4.74 Å². The molecule has 4 bridgehead atoms. The number of hydrogen-bond acceptors (Lipinski definition) is 2. The quantitative estimate of drug-likeness (QED) is 0.847. The lowest BCUT2D eigenvalue weighted by Crippen LogP contribution is -2.59. The lowest BCUT2D eigenvalue weighted by molar-refractivity contribution is -0.149. The number of carbonyl (C=O) groups excluding carboxylic acids is 1. The zero-order chi connectivity index (χ0) is 15.9. The number of rotatable bonds is 5. The molecule has 0 aromatic heterocycles. The summed E-state index contributed by atoms with van der Waals surface area (Å²) in [6.07, 6.45) is 7.12. The molecule has 0 radical (unpaired) electrons. The van der Waals surface area contributed by atoms with Crippen molar-refractivity contribution in [2.24, 2.45) is 17.3 Å².